The van der Waals surface area contributed by atoms with Gasteiger partial charge in [0.2, 0.25) is 0 Å². The highest BCUT2D eigenvalue weighted by Gasteiger charge is 2.31. The zero-order valence-corrected chi connectivity index (χ0v) is 11.8. The van der Waals surface area contributed by atoms with Gasteiger partial charge in [-0.2, -0.15) is 13.2 Å². The number of sulfonamides is 1. The molecule has 0 aliphatic heterocycles. The summed E-state index contributed by atoms with van der Waals surface area (Å²) >= 11 is 0. The third-order valence-corrected chi connectivity index (χ3v) is 4.03. The Kier molecular flexibility index (Phi) is 4.29. The van der Waals surface area contributed by atoms with E-state index in [1.807, 2.05) is 0 Å². The minimum Gasteiger partial charge on any atom is -0.277 e. The van der Waals surface area contributed by atoms with Crippen LogP contribution in [0.25, 0.3) is 0 Å². The first-order chi connectivity index (χ1) is 10.5. The fourth-order valence-corrected chi connectivity index (χ4v) is 2.77. The maximum absolute atomic E-state index is 13.5. The normalized spacial score (nSPS) is 12.3. The van der Waals surface area contributed by atoms with Crippen LogP contribution in [-0.2, 0) is 16.2 Å². The number of nitrogens with one attached hydrogen (secondary N) is 1. The van der Waals surface area contributed by atoms with Crippen LogP contribution < -0.4 is 4.72 Å². The van der Waals surface area contributed by atoms with Gasteiger partial charge in [0.25, 0.3) is 10.0 Å². The fourth-order valence-electron chi connectivity index (χ4n) is 1.67. The third-order valence-electron chi connectivity index (χ3n) is 2.68. The predicted molar refractivity (Wildman–Crippen MR) is 68.6 cm³/mol. The van der Waals surface area contributed by atoms with Crippen molar-refractivity contribution in [3.8, 4) is 0 Å². The first-order valence-electron chi connectivity index (χ1n) is 5.85. The Morgan fingerprint density at radius 1 is 0.870 bits per heavy atom. The summed E-state index contributed by atoms with van der Waals surface area (Å²) in [5, 5.41) is 0. The lowest BCUT2D eigenvalue weighted by Gasteiger charge is -2.12. The summed E-state index contributed by atoms with van der Waals surface area (Å²) in [4.78, 5) is -0.896. The second kappa shape index (κ2) is 5.76. The molecule has 0 fully saturated rings. The minimum absolute atomic E-state index is 0.239. The van der Waals surface area contributed by atoms with Gasteiger partial charge in [-0.1, -0.05) is 0 Å². The Labute approximate surface area is 126 Å². The van der Waals surface area contributed by atoms with E-state index in [2.05, 4.69) is 0 Å². The maximum Gasteiger partial charge on any atom is 0.416 e. The number of halogens is 6. The van der Waals surface area contributed by atoms with Crippen LogP contribution in [-0.4, -0.2) is 8.42 Å². The molecule has 2 aromatic rings. The standard InChI is InChI=1S/C13H7F6NO2S/c14-8-4-9(15)6-10(5-8)23(21,22)20-12-3-7(13(17,18)19)1-2-11(12)16/h1-6,20H. The van der Waals surface area contributed by atoms with Crippen LogP contribution in [0.4, 0.5) is 32.0 Å². The molecule has 2 aromatic carbocycles. The second-order valence-corrected chi connectivity index (χ2v) is 6.09. The lowest BCUT2D eigenvalue weighted by molar-refractivity contribution is -0.137. The van der Waals surface area contributed by atoms with E-state index in [1.54, 1.807) is 0 Å². The molecule has 0 spiro atoms. The molecule has 0 bridgehead atoms. The van der Waals surface area contributed by atoms with Crippen LogP contribution in [0.2, 0.25) is 0 Å². The van der Waals surface area contributed by atoms with E-state index in [9.17, 15) is 34.8 Å². The number of alkyl halides is 3. The molecule has 0 radical (unpaired) electrons. The second-order valence-electron chi connectivity index (χ2n) is 4.40. The average Bonchev–Trinajstić information content (AvgIpc) is 2.38. The monoisotopic (exact) mass is 355 g/mol. The number of hydrogen-bond acceptors (Lipinski definition) is 2. The summed E-state index contributed by atoms with van der Waals surface area (Å²) in [6.07, 6.45) is -4.82. The van der Waals surface area contributed by atoms with E-state index in [4.69, 9.17) is 0 Å². The number of benzene rings is 2. The maximum atomic E-state index is 13.5. The Morgan fingerprint density at radius 3 is 1.96 bits per heavy atom. The molecule has 0 heterocycles. The Balaban J connectivity index is 2.45. The van der Waals surface area contributed by atoms with Crippen molar-refractivity contribution < 1.29 is 34.8 Å². The lowest BCUT2D eigenvalue weighted by Crippen LogP contribution is -2.15. The molecule has 10 heteroatoms. The summed E-state index contributed by atoms with van der Waals surface area (Å²) in [5.41, 5.74) is -2.29. The van der Waals surface area contributed by atoms with Crippen LogP contribution in [0.1, 0.15) is 5.56 Å². The largest absolute Gasteiger partial charge is 0.416 e. The van der Waals surface area contributed by atoms with Crippen molar-refractivity contribution >= 4 is 15.7 Å². The summed E-state index contributed by atoms with van der Waals surface area (Å²) < 4.78 is 103. The van der Waals surface area contributed by atoms with Crippen molar-refractivity contribution in [3.05, 3.63) is 59.4 Å². The molecule has 0 aliphatic rings. The van der Waals surface area contributed by atoms with Crippen LogP contribution in [0.15, 0.2) is 41.3 Å². The average molecular weight is 355 g/mol. The van der Waals surface area contributed by atoms with E-state index in [0.29, 0.717) is 30.3 Å². The molecule has 3 nitrogen and oxygen atoms in total. The van der Waals surface area contributed by atoms with Crippen LogP contribution in [0, 0.1) is 17.5 Å². The molecule has 0 unspecified atom stereocenters. The number of rotatable bonds is 3. The van der Waals surface area contributed by atoms with Gasteiger partial charge in [0.15, 0.2) is 0 Å². The molecule has 0 atom stereocenters. The quantitative estimate of drug-likeness (QED) is 0.849. The number of anilines is 1. The van der Waals surface area contributed by atoms with E-state index in [1.165, 1.54) is 4.72 Å². The van der Waals surface area contributed by atoms with Crippen molar-refractivity contribution in [3.63, 3.8) is 0 Å². The molecule has 0 aromatic heterocycles. The minimum atomic E-state index is -4.82. The van der Waals surface area contributed by atoms with Gasteiger partial charge in [0.1, 0.15) is 17.5 Å². The van der Waals surface area contributed by atoms with E-state index in [0.717, 1.165) is 0 Å². The summed E-state index contributed by atoms with van der Waals surface area (Å²) in [6, 6.07) is 2.38. The SMILES string of the molecule is O=S(=O)(Nc1cc(C(F)(F)F)ccc1F)c1cc(F)cc(F)c1. The highest BCUT2D eigenvalue weighted by Crippen LogP contribution is 2.32. The molecule has 1 N–H and O–H groups in total. The first kappa shape index (κ1) is 17.1. The molecule has 0 amide bonds. The molecule has 0 saturated carbocycles. The molecule has 23 heavy (non-hydrogen) atoms. The Hall–Kier alpha value is -2.23. The van der Waals surface area contributed by atoms with E-state index < -0.39 is 49.8 Å². The fraction of sp³-hybridized carbons (Fsp3) is 0.0769. The Morgan fingerprint density at radius 2 is 1.43 bits per heavy atom. The number of hydrogen-bond donors (Lipinski definition) is 1. The molecule has 124 valence electrons. The van der Waals surface area contributed by atoms with Gasteiger partial charge in [-0.05, 0) is 30.3 Å². The van der Waals surface area contributed by atoms with Gasteiger partial charge < -0.3 is 0 Å². The van der Waals surface area contributed by atoms with Gasteiger partial charge in [0.05, 0.1) is 16.1 Å². The summed E-state index contributed by atoms with van der Waals surface area (Å²) in [5.74, 6) is -3.71. The topological polar surface area (TPSA) is 46.2 Å². The van der Waals surface area contributed by atoms with Crippen LogP contribution in [0.3, 0.4) is 0 Å². The molecular formula is C13H7F6NO2S. The van der Waals surface area contributed by atoms with Crippen molar-refractivity contribution in [2.24, 2.45) is 0 Å². The van der Waals surface area contributed by atoms with Gasteiger partial charge in [-0.25, -0.2) is 21.6 Å². The summed E-state index contributed by atoms with van der Waals surface area (Å²) in [6.45, 7) is 0. The van der Waals surface area contributed by atoms with E-state index in [-0.39, 0.29) is 6.07 Å². The van der Waals surface area contributed by atoms with Gasteiger partial charge >= 0.3 is 6.18 Å². The predicted octanol–water partition coefficient (Wildman–Crippen LogP) is 3.92. The van der Waals surface area contributed by atoms with Crippen molar-refractivity contribution in [2.75, 3.05) is 4.72 Å². The van der Waals surface area contributed by atoms with Crippen molar-refractivity contribution in [1.29, 1.82) is 0 Å². The van der Waals surface area contributed by atoms with E-state index >= 15 is 0 Å². The van der Waals surface area contributed by atoms with Gasteiger partial charge in [-0.3, -0.25) is 4.72 Å². The van der Waals surface area contributed by atoms with Gasteiger partial charge in [-0.15, -0.1) is 0 Å². The van der Waals surface area contributed by atoms with Gasteiger partial charge in [0, 0.05) is 6.07 Å². The highest BCUT2D eigenvalue weighted by molar-refractivity contribution is 7.92. The zero-order valence-electron chi connectivity index (χ0n) is 11.0. The zero-order chi connectivity index (χ0) is 17.4. The lowest BCUT2D eigenvalue weighted by atomic mass is 10.2. The first-order valence-corrected chi connectivity index (χ1v) is 7.33. The molecular weight excluding hydrogens is 348 g/mol. The molecule has 2 rings (SSSR count). The van der Waals surface area contributed by atoms with Crippen molar-refractivity contribution in [1.82, 2.24) is 0 Å². The molecule has 0 aliphatic carbocycles. The van der Waals surface area contributed by atoms with Crippen molar-refractivity contribution in [2.45, 2.75) is 11.1 Å². The van der Waals surface area contributed by atoms with Crippen LogP contribution in [0.5, 0.6) is 0 Å². The van der Waals surface area contributed by atoms with Crippen LogP contribution >= 0.6 is 0 Å². The Bertz CT molecular complexity index is 828. The summed E-state index contributed by atoms with van der Waals surface area (Å²) in [7, 11) is -4.68. The molecule has 0 saturated heterocycles. The third kappa shape index (κ3) is 3.95. The highest BCUT2D eigenvalue weighted by atomic mass is 32.2. The smallest absolute Gasteiger partial charge is 0.277 e.